The minimum absolute atomic E-state index is 0.778. The quantitative estimate of drug-likeness (QED) is 0.762. The maximum absolute atomic E-state index is 5.49. The van der Waals surface area contributed by atoms with Crippen LogP contribution in [-0.2, 0) is 12.3 Å². The molecule has 19 heavy (non-hydrogen) atoms. The standard InChI is InChI=1S/C14H22N4S/c1-18(2)9-14-16-12-5-4-11(8-13(12)17-14)10-19-7-3-6-15/h4-5,8H,3,6-7,9-10,15H2,1-2H3,(H,16,17). The van der Waals surface area contributed by atoms with Gasteiger partial charge in [-0.05, 0) is 50.5 Å². The molecule has 0 aliphatic rings. The van der Waals surface area contributed by atoms with Crippen molar-refractivity contribution in [3.05, 3.63) is 29.6 Å². The molecule has 2 aromatic rings. The number of H-pyrrole nitrogens is 1. The number of aromatic amines is 1. The number of thioether (sulfide) groups is 1. The molecule has 0 spiro atoms. The molecule has 0 amide bonds. The van der Waals surface area contributed by atoms with Crippen LogP contribution in [0.3, 0.4) is 0 Å². The molecule has 104 valence electrons. The summed E-state index contributed by atoms with van der Waals surface area (Å²) in [6.45, 7) is 1.62. The average Bonchev–Trinajstić information content (AvgIpc) is 2.75. The molecule has 0 radical (unpaired) electrons. The van der Waals surface area contributed by atoms with Crippen LogP contribution in [0, 0.1) is 0 Å². The van der Waals surface area contributed by atoms with E-state index in [1.165, 1.54) is 5.56 Å². The molecule has 2 rings (SSSR count). The van der Waals surface area contributed by atoms with Gasteiger partial charge in [0.15, 0.2) is 0 Å². The van der Waals surface area contributed by atoms with Crippen LogP contribution in [-0.4, -0.2) is 41.3 Å². The first-order valence-corrected chi connectivity index (χ1v) is 7.74. The summed E-state index contributed by atoms with van der Waals surface area (Å²) in [5, 5.41) is 0. The lowest BCUT2D eigenvalue weighted by molar-refractivity contribution is 0.392. The van der Waals surface area contributed by atoms with E-state index in [1.807, 2.05) is 25.9 Å². The van der Waals surface area contributed by atoms with Crippen molar-refractivity contribution < 1.29 is 0 Å². The molecular formula is C14H22N4S. The van der Waals surface area contributed by atoms with Crippen LogP contribution in [0.5, 0.6) is 0 Å². The van der Waals surface area contributed by atoms with Crippen LogP contribution in [0.25, 0.3) is 11.0 Å². The highest BCUT2D eigenvalue weighted by molar-refractivity contribution is 7.98. The van der Waals surface area contributed by atoms with Crippen molar-refractivity contribution in [1.29, 1.82) is 0 Å². The van der Waals surface area contributed by atoms with E-state index in [4.69, 9.17) is 5.73 Å². The van der Waals surface area contributed by atoms with E-state index < -0.39 is 0 Å². The Kier molecular flexibility index (Phi) is 5.24. The van der Waals surface area contributed by atoms with Crippen molar-refractivity contribution in [1.82, 2.24) is 14.9 Å². The predicted molar refractivity (Wildman–Crippen MR) is 83.3 cm³/mol. The predicted octanol–water partition coefficient (Wildman–Crippen LogP) is 2.21. The first-order valence-electron chi connectivity index (χ1n) is 6.59. The molecule has 1 aromatic carbocycles. The summed E-state index contributed by atoms with van der Waals surface area (Å²) in [6.07, 6.45) is 1.09. The molecule has 0 unspecified atom stereocenters. The third-order valence-corrected chi connectivity index (χ3v) is 3.94. The number of nitrogens with one attached hydrogen (secondary N) is 1. The molecule has 0 aliphatic carbocycles. The van der Waals surface area contributed by atoms with E-state index in [1.54, 1.807) is 0 Å². The van der Waals surface area contributed by atoms with Crippen LogP contribution in [0.4, 0.5) is 0 Å². The number of nitrogens with zero attached hydrogens (tertiary/aromatic N) is 2. The zero-order chi connectivity index (χ0) is 13.7. The molecule has 1 aromatic heterocycles. The molecular weight excluding hydrogens is 256 g/mol. The number of hydrogen-bond acceptors (Lipinski definition) is 4. The van der Waals surface area contributed by atoms with Gasteiger partial charge in [-0.15, -0.1) is 0 Å². The summed E-state index contributed by atoms with van der Waals surface area (Å²) in [4.78, 5) is 10.1. The second-order valence-corrected chi connectivity index (χ2v) is 6.07. The maximum atomic E-state index is 5.49. The SMILES string of the molecule is CN(C)Cc1nc2ccc(CSCCCN)cc2[nH]1. The normalized spacial score (nSPS) is 11.6. The molecule has 0 saturated carbocycles. The summed E-state index contributed by atoms with van der Waals surface area (Å²) in [7, 11) is 4.10. The fourth-order valence-electron chi connectivity index (χ4n) is 1.95. The number of nitrogens with two attached hydrogens (primary N) is 1. The molecule has 0 atom stereocenters. The van der Waals surface area contributed by atoms with Gasteiger partial charge in [-0.3, -0.25) is 0 Å². The lowest BCUT2D eigenvalue weighted by atomic mass is 10.2. The van der Waals surface area contributed by atoms with E-state index in [-0.39, 0.29) is 0 Å². The topological polar surface area (TPSA) is 57.9 Å². The fourth-order valence-corrected chi connectivity index (χ4v) is 2.88. The highest BCUT2D eigenvalue weighted by atomic mass is 32.2. The molecule has 0 fully saturated rings. The van der Waals surface area contributed by atoms with E-state index in [0.717, 1.165) is 47.9 Å². The molecule has 4 nitrogen and oxygen atoms in total. The summed E-state index contributed by atoms with van der Waals surface area (Å²) in [5.74, 6) is 3.19. The number of hydrogen-bond donors (Lipinski definition) is 2. The molecule has 3 N–H and O–H groups in total. The van der Waals surface area contributed by atoms with Gasteiger partial charge in [-0.1, -0.05) is 6.07 Å². The Balaban J connectivity index is 2.03. The van der Waals surface area contributed by atoms with Gasteiger partial charge in [0.05, 0.1) is 17.6 Å². The highest BCUT2D eigenvalue weighted by Crippen LogP contribution is 2.18. The molecule has 0 bridgehead atoms. The smallest absolute Gasteiger partial charge is 0.121 e. The van der Waals surface area contributed by atoms with E-state index in [2.05, 4.69) is 33.1 Å². The van der Waals surface area contributed by atoms with Crippen LogP contribution < -0.4 is 5.73 Å². The Morgan fingerprint density at radius 2 is 2.21 bits per heavy atom. The van der Waals surface area contributed by atoms with Crippen LogP contribution in [0.1, 0.15) is 17.8 Å². The minimum Gasteiger partial charge on any atom is -0.341 e. The molecule has 1 heterocycles. The van der Waals surface area contributed by atoms with Gasteiger partial charge in [0, 0.05) is 5.75 Å². The van der Waals surface area contributed by atoms with Crippen molar-refractivity contribution in [2.45, 2.75) is 18.7 Å². The number of imidazole rings is 1. The fraction of sp³-hybridized carbons (Fsp3) is 0.500. The lowest BCUT2D eigenvalue weighted by Crippen LogP contribution is -2.11. The zero-order valence-corrected chi connectivity index (χ0v) is 12.5. The largest absolute Gasteiger partial charge is 0.341 e. The summed E-state index contributed by atoms with van der Waals surface area (Å²) >= 11 is 1.93. The number of rotatable bonds is 7. The monoisotopic (exact) mass is 278 g/mol. The molecule has 0 saturated heterocycles. The highest BCUT2D eigenvalue weighted by Gasteiger charge is 2.04. The van der Waals surface area contributed by atoms with Crippen molar-refractivity contribution in [3.63, 3.8) is 0 Å². The lowest BCUT2D eigenvalue weighted by Gasteiger charge is -2.05. The Morgan fingerprint density at radius 3 is 2.95 bits per heavy atom. The zero-order valence-electron chi connectivity index (χ0n) is 11.6. The third-order valence-electron chi connectivity index (χ3n) is 2.82. The van der Waals surface area contributed by atoms with Crippen molar-refractivity contribution in [2.75, 3.05) is 26.4 Å². The molecule has 0 aliphatic heterocycles. The second kappa shape index (κ2) is 6.93. The van der Waals surface area contributed by atoms with E-state index >= 15 is 0 Å². The number of aromatic nitrogens is 2. The first-order chi connectivity index (χ1) is 9.19. The number of benzene rings is 1. The minimum atomic E-state index is 0.778. The van der Waals surface area contributed by atoms with Crippen molar-refractivity contribution >= 4 is 22.8 Å². The van der Waals surface area contributed by atoms with Crippen molar-refractivity contribution in [2.24, 2.45) is 5.73 Å². The average molecular weight is 278 g/mol. The van der Waals surface area contributed by atoms with Crippen LogP contribution in [0.15, 0.2) is 18.2 Å². The maximum Gasteiger partial charge on any atom is 0.121 e. The summed E-state index contributed by atoms with van der Waals surface area (Å²) in [6, 6.07) is 6.47. The summed E-state index contributed by atoms with van der Waals surface area (Å²) in [5.41, 5.74) is 9.02. The summed E-state index contributed by atoms with van der Waals surface area (Å²) < 4.78 is 0. The van der Waals surface area contributed by atoms with Gasteiger partial charge in [0.25, 0.3) is 0 Å². The Hall–Kier alpha value is -1.04. The van der Waals surface area contributed by atoms with Crippen LogP contribution >= 0.6 is 11.8 Å². The third kappa shape index (κ3) is 4.23. The van der Waals surface area contributed by atoms with Gasteiger partial charge in [-0.25, -0.2) is 4.98 Å². The van der Waals surface area contributed by atoms with Crippen LogP contribution in [0.2, 0.25) is 0 Å². The molecule has 5 heteroatoms. The van der Waals surface area contributed by atoms with Gasteiger partial charge in [0.1, 0.15) is 5.82 Å². The van der Waals surface area contributed by atoms with Gasteiger partial charge >= 0.3 is 0 Å². The van der Waals surface area contributed by atoms with E-state index in [9.17, 15) is 0 Å². The second-order valence-electron chi connectivity index (χ2n) is 4.97. The van der Waals surface area contributed by atoms with Gasteiger partial charge in [-0.2, -0.15) is 11.8 Å². The number of fused-ring (bicyclic) bond motifs is 1. The Morgan fingerprint density at radius 1 is 1.37 bits per heavy atom. The Labute approximate surface area is 118 Å². The van der Waals surface area contributed by atoms with Gasteiger partial charge < -0.3 is 15.6 Å². The Bertz CT molecular complexity index is 521. The van der Waals surface area contributed by atoms with E-state index in [0.29, 0.717) is 0 Å². The first kappa shape index (κ1) is 14.4. The van der Waals surface area contributed by atoms with Crippen molar-refractivity contribution in [3.8, 4) is 0 Å². The van der Waals surface area contributed by atoms with Gasteiger partial charge in [0.2, 0.25) is 0 Å².